The maximum absolute atomic E-state index is 8.96. The molecule has 0 bridgehead atoms. The van der Waals surface area contributed by atoms with E-state index in [0.29, 0.717) is 23.9 Å². The Morgan fingerprint density at radius 1 is 1.25 bits per heavy atom. The SMILES string of the molecule is CCCOc1ccc(Cl)cc1NCc1ccc(CO)o1. The van der Waals surface area contributed by atoms with Crippen molar-refractivity contribution in [1.82, 2.24) is 0 Å². The van der Waals surface area contributed by atoms with Crippen LogP contribution in [0.1, 0.15) is 24.9 Å². The second-order valence-electron chi connectivity index (χ2n) is 4.37. The molecule has 0 saturated carbocycles. The minimum atomic E-state index is -0.0952. The van der Waals surface area contributed by atoms with Gasteiger partial charge in [0.15, 0.2) is 0 Å². The lowest BCUT2D eigenvalue weighted by Gasteiger charge is -2.12. The maximum Gasteiger partial charge on any atom is 0.142 e. The van der Waals surface area contributed by atoms with Gasteiger partial charge in [-0.05, 0) is 36.8 Å². The van der Waals surface area contributed by atoms with Gasteiger partial charge < -0.3 is 19.6 Å². The van der Waals surface area contributed by atoms with Gasteiger partial charge in [0.1, 0.15) is 23.9 Å². The molecule has 1 aromatic carbocycles. The fourth-order valence-corrected chi connectivity index (χ4v) is 1.93. The molecule has 1 heterocycles. The molecule has 0 amide bonds. The van der Waals surface area contributed by atoms with Gasteiger partial charge in [-0.2, -0.15) is 0 Å². The van der Waals surface area contributed by atoms with E-state index in [1.165, 1.54) is 0 Å². The topological polar surface area (TPSA) is 54.6 Å². The van der Waals surface area contributed by atoms with Gasteiger partial charge in [0.2, 0.25) is 0 Å². The summed E-state index contributed by atoms with van der Waals surface area (Å²) < 4.78 is 11.1. The summed E-state index contributed by atoms with van der Waals surface area (Å²) in [5.74, 6) is 2.07. The van der Waals surface area contributed by atoms with E-state index in [1.807, 2.05) is 18.2 Å². The number of ether oxygens (including phenoxy) is 1. The fourth-order valence-electron chi connectivity index (χ4n) is 1.76. The van der Waals surface area contributed by atoms with Gasteiger partial charge in [-0.25, -0.2) is 0 Å². The van der Waals surface area contributed by atoms with Gasteiger partial charge in [-0.1, -0.05) is 18.5 Å². The average Bonchev–Trinajstić information content (AvgIpc) is 2.92. The van der Waals surface area contributed by atoms with Crippen molar-refractivity contribution >= 4 is 17.3 Å². The molecule has 4 nitrogen and oxygen atoms in total. The van der Waals surface area contributed by atoms with Crippen LogP contribution < -0.4 is 10.1 Å². The zero-order chi connectivity index (χ0) is 14.4. The van der Waals surface area contributed by atoms with Gasteiger partial charge in [0, 0.05) is 5.02 Å². The number of benzene rings is 1. The van der Waals surface area contributed by atoms with E-state index >= 15 is 0 Å². The molecule has 0 saturated heterocycles. The number of aliphatic hydroxyl groups excluding tert-OH is 1. The van der Waals surface area contributed by atoms with Gasteiger partial charge in [0.25, 0.3) is 0 Å². The molecular weight excluding hydrogens is 278 g/mol. The summed E-state index contributed by atoms with van der Waals surface area (Å²) in [6.45, 7) is 3.12. The molecule has 0 fully saturated rings. The first-order valence-corrected chi connectivity index (χ1v) is 6.95. The van der Waals surface area contributed by atoms with Crippen molar-refractivity contribution in [3.05, 3.63) is 46.9 Å². The summed E-state index contributed by atoms with van der Waals surface area (Å²) in [5.41, 5.74) is 0.827. The van der Waals surface area contributed by atoms with Crippen LogP contribution >= 0.6 is 11.6 Å². The summed E-state index contributed by atoms with van der Waals surface area (Å²) in [6, 6.07) is 9.05. The third-order valence-electron chi connectivity index (χ3n) is 2.73. The van der Waals surface area contributed by atoms with E-state index in [2.05, 4.69) is 12.2 Å². The lowest BCUT2D eigenvalue weighted by atomic mass is 10.3. The smallest absolute Gasteiger partial charge is 0.142 e. The lowest BCUT2D eigenvalue weighted by molar-refractivity contribution is 0.244. The average molecular weight is 296 g/mol. The van der Waals surface area contributed by atoms with Crippen molar-refractivity contribution in [1.29, 1.82) is 0 Å². The molecule has 0 aliphatic carbocycles. The Labute approximate surface area is 123 Å². The Bertz CT molecular complexity index is 554. The number of aliphatic hydroxyl groups is 1. The molecule has 2 N–H and O–H groups in total. The number of anilines is 1. The molecule has 20 heavy (non-hydrogen) atoms. The van der Waals surface area contributed by atoms with Crippen LogP contribution in [0.2, 0.25) is 5.02 Å². The summed E-state index contributed by atoms with van der Waals surface area (Å²) in [4.78, 5) is 0. The molecular formula is C15H18ClNO3. The minimum Gasteiger partial charge on any atom is -0.491 e. The fraction of sp³-hybridized carbons (Fsp3) is 0.333. The van der Waals surface area contributed by atoms with Crippen LogP contribution in [0.5, 0.6) is 5.75 Å². The standard InChI is InChI=1S/C15H18ClNO3/c1-2-7-19-15-6-3-11(16)8-14(15)17-9-12-4-5-13(10-18)20-12/h3-6,8,17-18H,2,7,9-10H2,1H3. The molecule has 108 valence electrons. The molecule has 1 aromatic heterocycles. The Morgan fingerprint density at radius 2 is 2.05 bits per heavy atom. The normalized spacial score (nSPS) is 10.6. The van der Waals surface area contributed by atoms with Crippen molar-refractivity contribution < 1.29 is 14.3 Å². The molecule has 0 aliphatic heterocycles. The van der Waals surface area contributed by atoms with Gasteiger partial charge in [-0.15, -0.1) is 0 Å². The highest BCUT2D eigenvalue weighted by molar-refractivity contribution is 6.30. The number of rotatable bonds is 7. The highest BCUT2D eigenvalue weighted by Gasteiger charge is 2.06. The van der Waals surface area contributed by atoms with Crippen molar-refractivity contribution in [2.45, 2.75) is 26.5 Å². The molecule has 0 spiro atoms. The summed E-state index contributed by atoms with van der Waals surface area (Å²) in [7, 11) is 0. The van der Waals surface area contributed by atoms with Crippen LogP contribution in [-0.2, 0) is 13.2 Å². The molecule has 2 aromatic rings. The maximum atomic E-state index is 8.96. The second kappa shape index (κ2) is 7.22. The first kappa shape index (κ1) is 14.8. The van der Waals surface area contributed by atoms with Gasteiger partial charge in [-0.3, -0.25) is 0 Å². The summed E-state index contributed by atoms with van der Waals surface area (Å²) in [5, 5.41) is 12.8. The van der Waals surface area contributed by atoms with E-state index in [9.17, 15) is 0 Å². The third-order valence-corrected chi connectivity index (χ3v) is 2.96. The van der Waals surface area contributed by atoms with Crippen LogP contribution in [0.3, 0.4) is 0 Å². The minimum absolute atomic E-state index is 0.0952. The Kier molecular flexibility index (Phi) is 5.32. The Hall–Kier alpha value is -1.65. The quantitative estimate of drug-likeness (QED) is 0.815. The van der Waals surface area contributed by atoms with Crippen LogP contribution in [0.15, 0.2) is 34.7 Å². The Balaban J connectivity index is 2.05. The van der Waals surface area contributed by atoms with E-state index in [-0.39, 0.29) is 6.61 Å². The van der Waals surface area contributed by atoms with E-state index in [1.54, 1.807) is 12.1 Å². The van der Waals surface area contributed by atoms with Crippen LogP contribution in [0.25, 0.3) is 0 Å². The first-order valence-electron chi connectivity index (χ1n) is 6.57. The Morgan fingerprint density at radius 3 is 2.75 bits per heavy atom. The van der Waals surface area contributed by atoms with Crippen LogP contribution in [-0.4, -0.2) is 11.7 Å². The van der Waals surface area contributed by atoms with Crippen LogP contribution in [0, 0.1) is 0 Å². The number of halogens is 1. The van der Waals surface area contributed by atoms with Crippen molar-refractivity contribution in [3.63, 3.8) is 0 Å². The lowest BCUT2D eigenvalue weighted by Crippen LogP contribution is -2.03. The van der Waals surface area contributed by atoms with E-state index in [4.69, 9.17) is 25.9 Å². The van der Waals surface area contributed by atoms with E-state index < -0.39 is 0 Å². The van der Waals surface area contributed by atoms with E-state index in [0.717, 1.165) is 23.6 Å². The van der Waals surface area contributed by atoms with Crippen molar-refractivity contribution in [2.75, 3.05) is 11.9 Å². The van der Waals surface area contributed by atoms with Crippen LogP contribution in [0.4, 0.5) is 5.69 Å². The van der Waals surface area contributed by atoms with Crippen molar-refractivity contribution in [2.24, 2.45) is 0 Å². The summed E-state index contributed by atoms with van der Waals surface area (Å²) in [6.07, 6.45) is 0.945. The monoisotopic (exact) mass is 295 g/mol. The van der Waals surface area contributed by atoms with Gasteiger partial charge >= 0.3 is 0 Å². The molecule has 0 aliphatic rings. The number of hydrogen-bond acceptors (Lipinski definition) is 4. The number of furan rings is 1. The largest absolute Gasteiger partial charge is 0.491 e. The molecule has 0 unspecified atom stereocenters. The van der Waals surface area contributed by atoms with Gasteiger partial charge in [0.05, 0.1) is 18.8 Å². The zero-order valence-electron chi connectivity index (χ0n) is 11.4. The van der Waals surface area contributed by atoms with Crippen molar-refractivity contribution in [3.8, 4) is 5.75 Å². The molecule has 0 radical (unpaired) electrons. The molecule has 2 rings (SSSR count). The third kappa shape index (κ3) is 3.92. The first-order chi connectivity index (χ1) is 9.72. The number of hydrogen-bond donors (Lipinski definition) is 2. The predicted molar refractivity (Wildman–Crippen MR) is 79.2 cm³/mol. The molecule has 5 heteroatoms. The predicted octanol–water partition coefficient (Wildman–Crippen LogP) is 3.83. The summed E-state index contributed by atoms with van der Waals surface area (Å²) >= 11 is 6.01. The highest BCUT2D eigenvalue weighted by atomic mass is 35.5. The molecule has 0 atom stereocenters. The highest BCUT2D eigenvalue weighted by Crippen LogP contribution is 2.28. The second-order valence-corrected chi connectivity index (χ2v) is 4.81. The zero-order valence-corrected chi connectivity index (χ0v) is 12.1. The number of nitrogens with one attached hydrogen (secondary N) is 1.